The highest BCUT2D eigenvalue weighted by molar-refractivity contribution is 7.92. The molecule has 3 aromatic carbocycles. The standard InChI is InChI=1S/C24H19ClN2O4S/c25-21-12-8-19(9-13-21)20-10-14-22(15-11-20)32(29,30)26-23-7-4-16-27(24(23)28)31-17-18-5-2-1-3-6-18/h1-16,26H,17H2. The molecule has 0 radical (unpaired) electrons. The van der Waals surface area contributed by atoms with E-state index >= 15 is 0 Å². The molecule has 0 spiro atoms. The maximum atomic E-state index is 12.8. The molecule has 0 aliphatic heterocycles. The summed E-state index contributed by atoms with van der Waals surface area (Å²) in [5.41, 5.74) is 1.92. The predicted molar refractivity (Wildman–Crippen MR) is 125 cm³/mol. The monoisotopic (exact) mass is 466 g/mol. The minimum atomic E-state index is -3.97. The van der Waals surface area contributed by atoms with Crippen LogP contribution in [0.5, 0.6) is 0 Å². The first kappa shape index (κ1) is 21.7. The van der Waals surface area contributed by atoms with Gasteiger partial charge in [0.1, 0.15) is 12.3 Å². The Bertz CT molecular complexity index is 1370. The number of hydrogen-bond donors (Lipinski definition) is 1. The van der Waals surface area contributed by atoms with Gasteiger partial charge in [-0.1, -0.05) is 66.2 Å². The van der Waals surface area contributed by atoms with Crippen molar-refractivity contribution in [1.29, 1.82) is 0 Å². The van der Waals surface area contributed by atoms with Crippen LogP contribution in [0.3, 0.4) is 0 Å². The van der Waals surface area contributed by atoms with Crippen molar-refractivity contribution in [2.24, 2.45) is 0 Å². The minimum Gasteiger partial charge on any atom is -0.406 e. The largest absolute Gasteiger partial charge is 0.406 e. The van der Waals surface area contributed by atoms with E-state index in [0.29, 0.717) is 5.02 Å². The number of benzene rings is 3. The number of nitrogens with one attached hydrogen (secondary N) is 1. The van der Waals surface area contributed by atoms with Gasteiger partial charge in [-0.2, -0.15) is 4.73 Å². The molecule has 6 nitrogen and oxygen atoms in total. The van der Waals surface area contributed by atoms with Crippen molar-refractivity contribution in [3.63, 3.8) is 0 Å². The fraction of sp³-hybridized carbons (Fsp3) is 0.0417. The molecule has 0 aliphatic rings. The lowest BCUT2D eigenvalue weighted by molar-refractivity contribution is 0.0896. The SMILES string of the molecule is O=c1c(NS(=O)(=O)c2ccc(-c3ccc(Cl)cc3)cc2)cccn1OCc1ccccc1. The Morgan fingerprint density at radius 1 is 0.812 bits per heavy atom. The Kier molecular flexibility index (Phi) is 6.30. The van der Waals surface area contributed by atoms with Crippen molar-refractivity contribution in [3.05, 3.63) is 118 Å². The summed E-state index contributed by atoms with van der Waals surface area (Å²) < 4.78 is 29.0. The molecule has 1 heterocycles. The van der Waals surface area contributed by atoms with E-state index in [0.717, 1.165) is 21.4 Å². The number of hydrogen-bond acceptors (Lipinski definition) is 4. The second-order valence-corrected chi connectivity index (χ2v) is 9.07. The molecule has 4 rings (SSSR count). The Labute approximate surface area is 190 Å². The van der Waals surface area contributed by atoms with Crippen molar-refractivity contribution in [3.8, 4) is 11.1 Å². The number of rotatable bonds is 7. The van der Waals surface area contributed by atoms with Crippen LogP contribution in [0.1, 0.15) is 5.56 Å². The molecule has 4 aromatic rings. The number of aromatic nitrogens is 1. The van der Waals surface area contributed by atoms with Crippen LogP contribution in [0.15, 0.2) is 107 Å². The lowest BCUT2D eigenvalue weighted by Crippen LogP contribution is -2.29. The zero-order chi connectivity index (χ0) is 22.6. The van der Waals surface area contributed by atoms with Crippen molar-refractivity contribution in [2.75, 3.05) is 4.72 Å². The Balaban J connectivity index is 1.51. The quantitative estimate of drug-likeness (QED) is 0.432. The van der Waals surface area contributed by atoms with Gasteiger partial charge in [-0.25, -0.2) is 8.42 Å². The molecule has 0 aliphatic carbocycles. The predicted octanol–water partition coefficient (Wildman–Crippen LogP) is 4.60. The van der Waals surface area contributed by atoms with E-state index in [2.05, 4.69) is 4.72 Å². The third-order valence-corrected chi connectivity index (χ3v) is 6.35. The summed E-state index contributed by atoms with van der Waals surface area (Å²) in [6.07, 6.45) is 1.43. The van der Waals surface area contributed by atoms with Crippen molar-refractivity contribution < 1.29 is 13.3 Å². The number of anilines is 1. The topological polar surface area (TPSA) is 77.4 Å². The van der Waals surface area contributed by atoms with Gasteiger partial charge in [0.05, 0.1) is 4.90 Å². The molecule has 162 valence electrons. The lowest BCUT2D eigenvalue weighted by atomic mass is 10.1. The van der Waals surface area contributed by atoms with E-state index < -0.39 is 15.6 Å². The molecule has 0 unspecified atom stereocenters. The fourth-order valence-electron chi connectivity index (χ4n) is 3.05. The highest BCUT2D eigenvalue weighted by Gasteiger charge is 2.17. The number of sulfonamides is 1. The zero-order valence-electron chi connectivity index (χ0n) is 16.8. The van der Waals surface area contributed by atoms with E-state index in [4.69, 9.17) is 16.4 Å². The summed E-state index contributed by atoms with van der Waals surface area (Å²) in [5.74, 6) is 0. The normalized spacial score (nSPS) is 11.2. The number of halogens is 1. The number of nitrogens with zero attached hydrogens (tertiary/aromatic N) is 1. The molecule has 0 saturated carbocycles. The number of pyridine rings is 1. The van der Waals surface area contributed by atoms with Crippen molar-refractivity contribution in [2.45, 2.75) is 11.5 Å². The van der Waals surface area contributed by atoms with Crippen molar-refractivity contribution >= 4 is 27.3 Å². The third-order valence-electron chi connectivity index (χ3n) is 4.71. The van der Waals surface area contributed by atoms with Gasteiger partial charge in [-0.3, -0.25) is 9.52 Å². The molecule has 0 fully saturated rings. The highest BCUT2D eigenvalue weighted by Crippen LogP contribution is 2.23. The Morgan fingerprint density at radius 3 is 2.09 bits per heavy atom. The summed E-state index contributed by atoms with van der Waals surface area (Å²) in [7, 11) is -3.97. The first-order valence-corrected chi connectivity index (χ1v) is 11.6. The van der Waals surface area contributed by atoms with Crippen LogP contribution in [0.25, 0.3) is 11.1 Å². The molecule has 1 N–H and O–H groups in total. The molecule has 0 bridgehead atoms. The summed E-state index contributed by atoms with van der Waals surface area (Å²) in [4.78, 5) is 18.2. The van der Waals surface area contributed by atoms with E-state index in [1.807, 2.05) is 42.5 Å². The van der Waals surface area contributed by atoms with Gasteiger partial charge >= 0.3 is 5.56 Å². The minimum absolute atomic E-state index is 0.0372. The van der Waals surface area contributed by atoms with Gasteiger partial charge in [-0.15, -0.1) is 0 Å². The molecule has 1 aromatic heterocycles. The Morgan fingerprint density at radius 2 is 1.44 bits per heavy atom. The van der Waals surface area contributed by atoms with E-state index in [1.54, 1.807) is 24.3 Å². The van der Waals surface area contributed by atoms with Gasteiger partial charge in [0.15, 0.2) is 0 Å². The lowest BCUT2D eigenvalue weighted by Gasteiger charge is -2.12. The molecular formula is C24H19ClN2O4S. The summed E-state index contributed by atoms with van der Waals surface area (Å²) in [6, 6.07) is 25.9. The average molecular weight is 467 g/mol. The third kappa shape index (κ3) is 5.01. The average Bonchev–Trinajstić information content (AvgIpc) is 2.81. The van der Waals surface area contributed by atoms with Crippen LogP contribution < -0.4 is 15.1 Å². The van der Waals surface area contributed by atoms with Crippen LogP contribution in [-0.4, -0.2) is 13.1 Å². The van der Waals surface area contributed by atoms with Crippen LogP contribution in [-0.2, 0) is 16.6 Å². The molecule has 32 heavy (non-hydrogen) atoms. The molecule has 0 atom stereocenters. The van der Waals surface area contributed by atoms with Gasteiger partial charge < -0.3 is 4.84 Å². The van der Waals surface area contributed by atoms with Crippen LogP contribution in [0.4, 0.5) is 5.69 Å². The van der Waals surface area contributed by atoms with Crippen molar-refractivity contribution in [1.82, 2.24) is 4.73 Å². The molecule has 0 saturated heterocycles. The first-order chi connectivity index (χ1) is 15.4. The zero-order valence-corrected chi connectivity index (χ0v) is 18.4. The second kappa shape index (κ2) is 9.30. The van der Waals surface area contributed by atoms with Crippen LogP contribution >= 0.6 is 11.6 Å². The Hall–Kier alpha value is -3.55. The molecule has 8 heteroatoms. The summed E-state index contributed by atoms with van der Waals surface area (Å²) >= 11 is 5.91. The fourth-order valence-corrected chi connectivity index (χ4v) is 4.23. The van der Waals surface area contributed by atoms with Crippen LogP contribution in [0.2, 0.25) is 5.02 Å². The van der Waals surface area contributed by atoms with Gasteiger partial charge in [0, 0.05) is 11.2 Å². The molecule has 0 amide bonds. The van der Waals surface area contributed by atoms with E-state index in [1.165, 1.54) is 30.5 Å². The highest BCUT2D eigenvalue weighted by atomic mass is 35.5. The molecular weight excluding hydrogens is 448 g/mol. The summed E-state index contributed by atoms with van der Waals surface area (Å²) in [5, 5.41) is 0.624. The van der Waals surface area contributed by atoms with Gasteiger partial charge in [0.2, 0.25) is 0 Å². The summed E-state index contributed by atoms with van der Waals surface area (Å²) in [6.45, 7) is 0.170. The maximum absolute atomic E-state index is 12.8. The van der Waals surface area contributed by atoms with Gasteiger partial charge in [0.25, 0.3) is 10.0 Å². The van der Waals surface area contributed by atoms with E-state index in [9.17, 15) is 13.2 Å². The van der Waals surface area contributed by atoms with Gasteiger partial charge in [-0.05, 0) is 53.1 Å². The maximum Gasteiger partial charge on any atom is 0.307 e. The van der Waals surface area contributed by atoms with E-state index in [-0.39, 0.29) is 17.2 Å². The van der Waals surface area contributed by atoms with Crippen LogP contribution in [0, 0.1) is 0 Å². The second-order valence-electron chi connectivity index (χ2n) is 6.95. The first-order valence-electron chi connectivity index (χ1n) is 9.70. The smallest absolute Gasteiger partial charge is 0.307 e.